The van der Waals surface area contributed by atoms with E-state index in [4.69, 9.17) is 10.2 Å². The number of hydrogen-bond donors (Lipinski definition) is 2. The topological polar surface area (TPSA) is 85.3 Å². The van der Waals surface area contributed by atoms with E-state index in [1.54, 1.807) is 6.26 Å². The van der Waals surface area contributed by atoms with E-state index < -0.39 is 5.91 Å². The number of hydrogen-bond acceptors (Lipinski definition) is 4. The van der Waals surface area contributed by atoms with Gasteiger partial charge in [0.1, 0.15) is 10.6 Å². The summed E-state index contributed by atoms with van der Waals surface area (Å²) in [6.07, 6.45) is 5.80. The molecule has 0 aliphatic heterocycles. The maximum Gasteiger partial charge on any atom is 0.251 e. The van der Waals surface area contributed by atoms with E-state index in [2.05, 4.69) is 32.2 Å². The summed E-state index contributed by atoms with van der Waals surface area (Å²) in [7, 11) is 0. The Hall–Kier alpha value is -2.60. The second kappa shape index (κ2) is 7.67. The van der Waals surface area contributed by atoms with Gasteiger partial charge in [0.2, 0.25) is 5.91 Å². The Labute approximate surface area is 174 Å². The number of furan rings is 1. The number of rotatable bonds is 5. The van der Waals surface area contributed by atoms with Crippen LogP contribution >= 0.6 is 11.3 Å². The molecule has 0 unspecified atom stereocenters. The molecule has 5 nitrogen and oxygen atoms in total. The van der Waals surface area contributed by atoms with Crippen LogP contribution in [0.15, 0.2) is 22.8 Å². The maximum atomic E-state index is 12.8. The maximum absolute atomic E-state index is 12.8. The molecule has 2 aromatic heterocycles. The summed E-state index contributed by atoms with van der Waals surface area (Å²) in [6.45, 7) is 6.39. The lowest BCUT2D eigenvalue weighted by Crippen LogP contribution is -2.19. The quantitative estimate of drug-likeness (QED) is 0.615. The second-order valence-corrected chi connectivity index (χ2v) is 9.23. The molecular weight excluding hydrogens is 384 g/mol. The fourth-order valence-corrected chi connectivity index (χ4v) is 5.57. The predicted octanol–water partition coefficient (Wildman–Crippen LogP) is 5.09. The van der Waals surface area contributed by atoms with Gasteiger partial charge in [-0.1, -0.05) is 13.8 Å². The number of anilines is 1. The molecule has 4 rings (SSSR count). The van der Waals surface area contributed by atoms with Gasteiger partial charge in [0.15, 0.2) is 0 Å². The molecule has 1 aliphatic rings. The van der Waals surface area contributed by atoms with Crippen LogP contribution in [0.2, 0.25) is 0 Å². The number of nitrogens with one attached hydrogen (secondary N) is 1. The van der Waals surface area contributed by atoms with E-state index in [0.717, 1.165) is 47.8 Å². The highest BCUT2D eigenvalue weighted by atomic mass is 32.1. The molecule has 0 radical (unpaired) electrons. The number of nitrogens with two attached hydrogens (primary N) is 1. The molecule has 0 bridgehead atoms. The summed E-state index contributed by atoms with van der Waals surface area (Å²) in [5.41, 5.74) is 11.2. The van der Waals surface area contributed by atoms with Crippen LogP contribution in [0.1, 0.15) is 70.1 Å². The molecule has 1 aliphatic carbocycles. The van der Waals surface area contributed by atoms with Crippen LogP contribution in [0, 0.1) is 6.92 Å². The van der Waals surface area contributed by atoms with Gasteiger partial charge in [0.25, 0.3) is 5.91 Å². The van der Waals surface area contributed by atoms with Gasteiger partial charge in [-0.05, 0) is 67.3 Å². The summed E-state index contributed by atoms with van der Waals surface area (Å²) < 4.78 is 5.69. The SMILES string of the molecule is Cc1cc2occ(CC(=O)Nc3sc4c(c3C(N)=O)CCCC4)c2cc1C(C)C. The average Bonchev–Trinajstić information content (AvgIpc) is 3.21. The first-order valence-electron chi connectivity index (χ1n) is 10.1. The standard InChI is InChI=1S/C23H26N2O3S/c1-12(2)16-10-17-14(11-28-18(17)8-13(16)3)9-20(26)25-23-21(22(24)27)15-6-4-5-7-19(15)29-23/h8,10-12H,4-7,9H2,1-3H3,(H2,24,27)(H,25,26). The van der Waals surface area contributed by atoms with Crippen LogP contribution in [-0.4, -0.2) is 11.8 Å². The minimum absolute atomic E-state index is 0.166. The van der Waals surface area contributed by atoms with E-state index in [1.165, 1.54) is 27.3 Å². The van der Waals surface area contributed by atoms with E-state index in [1.807, 2.05) is 6.07 Å². The molecule has 0 saturated carbocycles. The lowest BCUT2D eigenvalue weighted by Gasteiger charge is -2.11. The van der Waals surface area contributed by atoms with Gasteiger partial charge in [-0.15, -0.1) is 11.3 Å². The van der Waals surface area contributed by atoms with Crippen molar-refractivity contribution in [2.75, 3.05) is 5.32 Å². The first kappa shape index (κ1) is 19.7. The van der Waals surface area contributed by atoms with Gasteiger partial charge in [-0.25, -0.2) is 0 Å². The lowest BCUT2D eigenvalue weighted by molar-refractivity contribution is -0.115. The zero-order valence-corrected chi connectivity index (χ0v) is 17.9. The molecule has 0 fully saturated rings. The summed E-state index contributed by atoms with van der Waals surface area (Å²) in [5.74, 6) is -0.238. The molecule has 0 saturated heterocycles. The normalized spacial score (nSPS) is 13.7. The monoisotopic (exact) mass is 410 g/mol. The number of amides is 2. The number of fused-ring (bicyclic) bond motifs is 2. The number of carbonyl (C=O) groups is 2. The molecule has 2 amide bonds. The lowest BCUT2D eigenvalue weighted by atomic mass is 9.95. The third kappa shape index (κ3) is 3.69. The number of primary amides is 1. The number of thiophene rings is 1. The fraction of sp³-hybridized carbons (Fsp3) is 0.391. The van der Waals surface area contributed by atoms with Crippen LogP contribution in [0.3, 0.4) is 0 Å². The zero-order valence-electron chi connectivity index (χ0n) is 17.1. The Morgan fingerprint density at radius 1 is 1.24 bits per heavy atom. The Kier molecular flexibility index (Phi) is 5.21. The van der Waals surface area contributed by atoms with Crippen LogP contribution in [-0.2, 0) is 24.1 Å². The van der Waals surface area contributed by atoms with Gasteiger partial charge in [-0.2, -0.15) is 0 Å². The van der Waals surface area contributed by atoms with Crippen LogP contribution in [0.25, 0.3) is 11.0 Å². The van der Waals surface area contributed by atoms with Crippen molar-refractivity contribution in [2.45, 2.75) is 58.8 Å². The summed E-state index contributed by atoms with van der Waals surface area (Å²) in [5, 5.41) is 4.49. The Bertz CT molecular complexity index is 1110. The molecule has 152 valence electrons. The summed E-state index contributed by atoms with van der Waals surface area (Å²) in [4.78, 5) is 26.0. The minimum Gasteiger partial charge on any atom is -0.464 e. The highest BCUT2D eigenvalue weighted by molar-refractivity contribution is 7.17. The molecule has 3 N–H and O–H groups in total. The molecule has 6 heteroatoms. The van der Waals surface area contributed by atoms with Crippen LogP contribution in [0.4, 0.5) is 5.00 Å². The third-order valence-electron chi connectivity index (χ3n) is 5.69. The number of carbonyl (C=O) groups excluding carboxylic acids is 2. The van der Waals surface area contributed by atoms with Crippen molar-refractivity contribution in [3.63, 3.8) is 0 Å². The molecule has 3 aromatic rings. The average molecular weight is 411 g/mol. The number of benzene rings is 1. The summed E-state index contributed by atoms with van der Waals surface area (Å²) in [6, 6.07) is 4.16. The van der Waals surface area contributed by atoms with Gasteiger partial charge < -0.3 is 15.5 Å². The minimum atomic E-state index is -0.467. The van der Waals surface area contributed by atoms with Crippen molar-refractivity contribution in [1.29, 1.82) is 0 Å². The highest BCUT2D eigenvalue weighted by Crippen LogP contribution is 2.38. The van der Waals surface area contributed by atoms with E-state index in [0.29, 0.717) is 16.5 Å². The number of aryl methyl sites for hydroxylation is 2. The summed E-state index contributed by atoms with van der Waals surface area (Å²) >= 11 is 1.49. The second-order valence-electron chi connectivity index (χ2n) is 8.12. The van der Waals surface area contributed by atoms with Crippen molar-refractivity contribution >= 4 is 39.1 Å². The molecule has 1 aromatic carbocycles. The Morgan fingerprint density at radius 3 is 2.72 bits per heavy atom. The first-order valence-corrected chi connectivity index (χ1v) is 10.9. The Balaban J connectivity index is 1.60. The molecular formula is C23H26N2O3S. The van der Waals surface area contributed by atoms with Crippen LogP contribution < -0.4 is 11.1 Å². The van der Waals surface area contributed by atoms with Gasteiger partial charge in [0.05, 0.1) is 18.2 Å². The van der Waals surface area contributed by atoms with Gasteiger partial charge in [-0.3, -0.25) is 9.59 Å². The van der Waals surface area contributed by atoms with E-state index >= 15 is 0 Å². The van der Waals surface area contributed by atoms with Crippen molar-refractivity contribution in [1.82, 2.24) is 0 Å². The highest BCUT2D eigenvalue weighted by Gasteiger charge is 2.25. The van der Waals surface area contributed by atoms with Crippen molar-refractivity contribution in [3.05, 3.63) is 51.1 Å². The van der Waals surface area contributed by atoms with E-state index in [-0.39, 0.29) is 12.3 Å². The van der Waals surface area contributed by atoms with Crippen molar-refractivity contribution < 1.29 is 14.0 Å². The van der Waals surface area contributed by atoms with Gasteiger partial charge in [0, 0.05) is 15.8 Å². The molecule has 0 spiro atoms. The first-order chi connectivity index (χ1) is 13.8. The predicted molar refractivity (Wildman–Crippen MR) is 117 cm³/mol. The smallest absolute Gasteiger partial charge is 0.251 e. The molecule has 0 atom stereocenters. The largest absolute Gasteiger partial charge is 0.464 e. The molecule has 2 heterocycles. The molecule has 29 heavy (non-hydrogen) atoms. The van der Waals surface area contributed by atoms with Gasteiger partial charge >= 0.3 is 0 Å². The third-order valence-corrected chi connectivity index (χ3v) is 6.89. The fourth-order valence-electron chi connectivity index (χ4n) is 4.26. The van der Waals surface area contributed by atoms with Crippen LogP contribution in [0.5, 0.6) is 0 Å². The Morgan fingerprint density at radius 2 is 2.00 bits per heavy atom. The van der Waals surface area contributed by atoms with Crippen molar-refractivity contribution in [2.24, 2.45) is 5.73 Å². The van der Waals surface area contributed by atoms with E-state index in [9.17, 15) is 9.59 Å². The van der Waals surface area contributed by atoms with Crippen molar-refractivity contribution in [3.8, 4) is 0 Å². The zero-order chi connectivity index (χ0) is 20.7.